The topological polar surface area (TPSA) is 61.4 Å². The molecule has 1 saturated carbocycles. The lowest BCUT2D eigenvalue weighted by atomic mass is 9.74. The van der Waals surface area contributed by atoms with Gasteiger partial charge in [-0.3, -0.25) is 4.79 Å². The van der Waals surface area contributed by atoms with Crippen molar-refractivity contribution in [2.45, 2.75) is 46.0 Å². The maximum atomic E-state index is 11.1. The fraction of sp³-hybridized carbons (Fsp3) is 0.588. The summed E-state index contributed by atoms with van der Waals surface area (Å²) >= 11 is 0. The zero-order chi connectivity index (χ0) is 15.3. The van der Waals surface area contributed by atoms with Crippen LogP contribution >= 0.6 is 0 Å². The van der Waals surface area contributed by atoms with E-state index in [-0.39, 0.29) is 17.9 Å². The minimum Gasteiger partial charge on any atom is -0.396 e. The Bertz CT molecular complexity index is 494. The van der Waals surface area contributed by atoms with Crippen LogP contribution in [0.1, 0.15) is 44.6 Å². The average molecular weight is 290 g/mol. The molecule has 1 aromatic rings. The molecule has 0 bridgehead atoms. The Labute approximate surface area is 126 Å². The molecule has 21 heavy (non-hydrogen) atoms. The van der Waals surface area contributed by atoms with E-state index in [9.17, 15) is 9.90 Å². The van der Waals surface area contributed by atoms with Crippen LogP contribution in [0, 0.1) is 12.3 Å². The van der Waals surface area contributed by atoms with Gasteiger partial charge in [-0.15, -0.1) is 0 Å². The Morgan fingerprint density at radius 3 is 2.62 bits per heavy atom. The molecule has 0 spiro atoms. The van der Waals surface area contributed by atoms with Gasteiger partial charge in [0.25, 0.3) is 0 Å². The summed E-state index contributed by atoms with van der Waals surface area (Å²) in [6, 6.07) is 5.87. The number of hydrogen-bond acceptors (Lipinski definition) is 3. The van der Waals surface area contributed by atoms with Crippen LogP contribution in [0.2, 0.25) is 0 Å². The number of rotatable bonds is 5. The van der Waals surface area contributed by atoms with Crippen molar-refractivity contribution in [3.8, 4) is 0 Å². The highest BCUT2D eigenvalue weighted by molar-refractivity contribution is 5.89. The van der Waals surface area contributed by atoms with Crippen molar-refractivity contribution in [2.24, 2.45) is 5.41 Å². The van der Waals surface area contributed by atoms with Crippen LogP contribution in [-0.2, 0) is 4.79 Å². The number of benzene rings is 1. The lowest BCUT2D eigenvalue weighted by Crippen LogP contribution is -2.35. The summed E-state index contributed by atoms with van der Waals surface area (Å²) in [6.07, 6.45) is 5.85. The summed E-state index contributed by atoms with van der Waals surface area (Å²) in [5.41, 5.74) is 2.99. The summed E-state index contributed by atoms with van der Waals surface area (Å²) in [5.74, 6) is -0.0658. The maximum Gasteiger partial charge on any atom is 0.221 e. The lowest BCUT2D eigenvalue weighted by Gasteiger charge is -2.36. The highest BCUT2D eigenvalue weighted by Gasteiger charge is 2.31. The Hall–Kier alpha value is -1.55. The molecule has 0 radical (unpaired) electrons. The van der Waals surface area contributed by atoms with Crippen LogP contribution in [0.5, 0.6) is 0 Å². The second-order valence-corrected chi connectivity index (χ2v) is 6.28. The predicted octanol–water partition coefficient (Wildman–Crippen LogP) is 3.31. The van der Waals surface area contributed by atoms with Crippen molar-refractivity contribution in [3.05, 3.63) is 23.8 Å². The molecule has 1 aliphatic carbocycles. The second-order valence-electron chi connectivity index (χ2n) is 6.28. The molecule has 0 saturated heterocycles. The predicted molar refractivity (Wildman–Crippen MR) is 86.6 cm³/mol. The number of aliphatic hydroxyl groups excluding tert-OH is 1. The van der Waals surface area contributed by atoms with E-state index in [0.717, 1.165) is 36.3 Å². The molecule has 2 rings (SSSR count). The molecule has 1 fully saturated rings. The summed E-state index contributed by atoms with van der Waals surface area (Å²) in [6.45, 7) is 4.58. The van der Waals surface area contributed by atoms with Gasteiger partial charge in [-0.1, -0.05) is 25.3 Å². The smallest absolute Gasteiger partial charge is 0.221 e. The highest BCUT2D eigenvalue weighted by atomic mass is 16.3. The summed E-state index contributed by atoms with van der Waals surface area (Å²) in [7, 11) is 0. The SMILES string of the molecule is CC(=O)Nc1ccc(C)c(NCC2(CO)CCCCC2)c1. The van der Waals surface area contributed by atoms with Crippen LogP contribution < -0.4 is 10.6 Å². The standard InChI is InChI=1S/C17H26N2O2/c1-13-6-7-15(19-14(2)21)10-16(13)18-11-17(12-20)8-4-3-5-9-17/h6-7,10,18,20H,3-5,8-9,11-12H2,1-2H3,(H,19,21). The van der Waals surface area contributed by atoms with Crippen LogP contribution in [0.3, 0.4) is 0 Å². The first kappa shape index (κ1) is 15.8. The Balaban J connectivity index is 2.06. The zero-order valence-electron chi connectivity index (χ0n) is 13.0. The van der Waals surface area contributed by atoms with Gasteiger partial charge in [0.15, 0.2) is 0 Å². The molecule has 116 valence electrons. The third-order valence-corrected chi connectivity index (χ3v) is 4.46. The first-order chi connectivity index (χ1) is 10.0. The van der Waals surface area contributed by atoms with E-state index in [2.05, 4.69) is 10.6 Å². The fourth-order valence-corrected chi connectivity index (χ4v) is 3.07. The van der Waals surface area contributed by atoms with Gasteiger partial charge in [0.05, 0.1) is 6.61 Å². The zero-order valence-corrected chi connectivity index (χ0v) is 13.0. The van der Waals surface area contributed by atoms with Crippen LogP contribution in [0.4, 0.5) is 11.4 Å². The third kappa shape index (κ3) is 4.21. The van der Waals surface area contributed by atoms with E-state index >= 15 is 0 Å². The number of carbonyl (C=O) groups excluding carboxylic acids is 1. The summed E-state index contributed by atoms with van der Waals surface area (Å²) in [4.78, 5) is 11.1. The number of carbonyl (C=O) groups is 1. The third-order valence-electron chi connectivity index (χ3n) is 4.46. The largest absolute Gasteiger partial charge is 0.396 e. The molecule has 0 aromatic heterocycles. The molecule has 3 N–H and O–H groups in total. The van der Waals surface area contributed by atoms with E-state index in [1.54, 1.807) is 0 Å². The Morgan fingerprint density at radius 2 is 2.00 bits per heavy atom. The molecule has 0 aliphatic heterocycles. The number of aliphatic hydroxyl groups is 1. The van der Waals surface area contributed by atoms with Gasteiger partial charge in [-0.05, 0) is 37.5 Å². The van der Waals surface area contributed by atoms with Crippen LogP contribution in [-0.4, -0.2) is 24.2 Å². The van der Waals surface area contributed by atoms with E-state index in [1.165, 1.54) is 26.2 Å². The minimum absolute atomic E-state index is 0.00863. The van der Waals surface area contributed by atoms with E-state index < -0.39 is 0 Å². The molecule has 1 aliphatic rings. The van der Waals surface area contributed by atoms with Crippen molar-refractivity contribution in [1.29, 1.82) is 0 Å². The quantitative estimate of drug-likeness (QED) is 0.779. The molecular weight excluding hydrogens is 264 g/mol. The number of aryl methyl sites for hydroxylation is 1. The molecule has 4 heteroatoms. The number of nitrogens with one attached hydrogen (secondary N) is 2. The van der Waals surface area contributed by atoms with Crippen LogP contribution in [0.25, 0.3) is 0 Å². The molecule has 1 aromatic carbocycles. The van der Waals surface area contributed by atoms with Crippen molar-refractivity contribution >= 4 is 17.3 Å². The van der Waals surface area contributed by atoms with Crippen molar-refractivity contribution in [2.75, 3.05) is 23.8 Å². The van der Waals surface area contributed by atoms with E-state index in [0.29, 0.717) is 0 Å². The monoisotopic (exact) mass is 290 g/mol. The van der Waals surface area contributed by atoms with Gasteiger partial charge in [-0.25, -0.2) is 0 Å². The van der Waals surface area contributed by atoms with Crippen molar-refractivity contribution in [1.82, 2.24) is 0 Å². The van der Waals surface area contributed by atoms with E-state index in [1.807, 2.05) is 25.1 Å². The van der Waals surface area contributed by atoms with E-state index in [4.69, 9.17) is 0 Å². The maximum absolute atomic E-state index is 11.1. The second kappa shape index (κ2) is 6.94. The van der Waals surface area contributed by atoms with Gasteiger partial charge in [0.1, 0.15) is 0 Å². The molecular formula is C17H26N2O2. The highest BCUT2D eigenvalue weighted by Crippen LogP contribution is 2.36. The molecule has 0 unspecified atom stereocenters. The molecule has 1 amide bonds. The summed E-state index contributed by atoms with van der Waals surface area (Å²) < 4.78 is 0. The van der Waals surface area contributed by atoms with Crippen LogP contribution in [0.15, 0.2) is 18.2 Å². The average Bonchev–Trinajstić information content (AvgIpc) is 2.48. The fourth-order valence-electron chi connectivity index (χ4n) is 3.07. The van der Waals surface area contributed by atoms with Gasteiger partial charge in [0.2, 0.25) is 5.91 Å². The number of amides is 1. The first-order valence-corrected chi connectivity index (χ1v) is 7.78. The van der Waals surface area contributed by atoms with Gasteiger partial charge < -0.3 is 15.7 Å². The lowest BCUT2D eigenvalue weighted by molar-refractivity contribution is -0.114. The van der Waals surface area contributed by atoms with Gasteiger partial charge >= 0.3 is 0 Å². The molecule has 0 heterocycles. The summed E-state index contributed by atoms with van der Waals surface area (Å²) in [5, 5.41) is 16.0. The minimum atomic E-state index is -0.0658. The van der Waals surface area contributed by atoms with Gasteiger partial charge in [-0.2, -0.15) is 0 Å². The molecule has 4 nitrogen and oxygen atoms in total. The number of anilines is 2. The number of hydrogen-bond donors (Lipinski definition) is 3. The van der Waals surface area contributed by atoms with Crippen molar-refractivity contribution in [3.63, 3.8) is 0 Å². The van der Waals surface area contributed by atoms with Crippen molar-refractivity contribution < 1.29 is 9.90 Å². The van der Waals surface area contributed by atoms with Gasteiger partial charge in [0, 0.05) is 30.3 Å². The Morgan fingerprint density at radius 1 is 1.29 bits per heavy atom. The molecule has 0 atom stereocenters. The first-order valence-electron chi connectivity index (χ1n) is 7.78. The Kier molecular flexibility index (Phi) is 5.23. The normalized spacial score (nSPS) is 17.3.